The summed E-state index contributed by atoms with van der Waals surface area (Å²) in [6, 6.07) is 0.847. The zero-order valence-corrected chi connectivity index (χ0v) is 8.30. The topological polar surface area (TPSA) is 3.24 Å². The largest absolute Gasteiger partial charge is 0.300 e. The van der Waals surface area contributed by atoms with E-state index in [4.69, 9.17) is 0 Å². The Morgan fingerprint density at radius 1 is 1.45 bits per heavy atom. The minimum Gasteiger partial charge on any atom is -0.300 e. The summed E-state index contributed by atoms with van der Waals surface area (Å²) in [6.45, 7) is 11.9. The lowest BCUT2D eigenvalue weighted by Gasteiger charge is -2.28. The smallest absolute Gasteiger partial charge is 0.0144 e. The fourth-order valence-electron chi connectivity index (χ4n) is 2.50. The zero-order valence-electron chi connectivity index (χ0n) is 8.30. The van der Waals surface area contributed by atoms with E-state index in [1.54, 1.807) is 0 Å². The summed E-state index contributed by atoms with van der Waals surface area (Å²) in [5.41, 5.74) is 0. The van der Waals surface area contributed by atoms with Gasteiger partial charge in [-0.3, -0.25) is 0 Å². The monoisotopic (exact) mass is 155 g/mol. The molecule has 1 saturated heterocycles. The van der Waals surface area contributed by atoms with Crippen LogP contribution in [0.5, 0.6) is 0 Å². The van der Waals surface area contributed by atoms with Gasteiger partial charge in [-0.25, -0.2) is 0 Å². The maximum absolute atomic E-state index is 2.62. The van der Waals surface area contributed by atoms with Gasteiger partial charge in [-0.15, -0.1) is 0 Å². The molecule has 0 spiro atoms. The quantitative estimate of drug-likeness (QED) is 0.592. The molecule has 0 aromatic rings. The van der Waals surface area contributed by atoms with E-state index in [1.807, 2.05) is 0 Å². The van der Waals surface area contributed by atoms with Gasteiger partial charge in [0.05, 0.1) is 0 Å². The number of rotatable bonds is 2. The molecule has 2 unspecified atom stereocenters. The summed E-state index contributed by atoms with van der Waals surface area (Å²) < 4.78 is 0. The van der Waals surface area contributed by atoms with Crippen LogP contribution in [0.2, 0.25) is 0 Å². The normalized spacial score (nSPS) is 33.5. The first-order valence-corrected chi connectivity index (χ1v) is 4.90. The van der Waals surface area contributed by atoms with Gasteiger partial charge < -0.3 is 4.90 Å². The summed E-state index contributed by atoms with van der Waals surface area (Å²) in [6.07, 6.45) is 1.40. The average molecular weight is 155 g/mol. The standard InChI is InChI=1S/C10H21N/c1-5-11-7-6-9(4)10(11)8(2)3/h8-10H,5-7H2,1-4H3. The van der Waals surface area contributed by atoms with Gasteiger partial charge in [-0.05, 0) is 31.3 Å². The Morgan fingerprint density at radius 3 is 2.45 bits per heavy atom. The molecule has 66 valence electrons. The van der Waals surface area contributed by atoms with E-state index in [-0.39, 0.29) is 0 Å². The van der Waals surface area contributed by atoms with E-state index in [2.05, 4.69) is 32.6 Å². The van der Waals surface area contributed by atoms with Crippen LogP contribution in [-0.4, -0.2) is 24.0 Å². The van der Waals surface area contributed by atoms with Gasteiger partial charge in [0.1, 0.15) is 0 Å². The molecule has 0 N–H and O–H groups in total. The first-order valence-electron chi connectivity index (χ1n) is 4.90. The number of nitrogens with zero attached hydrogens (tertiary/aromatic N) is 1. The van der Waals surface area contributed by atoms with Crippen LogP contribution in [0.25, 0.3) is 0 Å². The molecular formula is C10H21N. The van der Waals surface area contributed by atoms with Crippen molar-refractivity contribution < 1.29 is 0 Å². The highest BCUT2D eigenvalue weighted by atomic mass is 15.2. The van der Waals surface area contributed by atoms with Gasteiger partial charge in [-0.2, -0.15) is 0 Å². The molecule has 1 rings (SSSR count). The first kappa shape index (κ1) is 9.05. The van der Waals surface area contributed by atoms with Crippen LogP contribution >= 0.6 is 0 Å². The van der Waals surface area contributed by atoms with Crippen LogP contribution in [0.15, 0.2) is 0 Å². The average Bonchev–Trinajstić information content (AvgIpc) is 2.30. The first-order chi connectivity index (χ1) is 5.16. The van der Waals surface area contributed by atoms with E-state index >= 15 is 0 Å². The van der Waals surface area contributed by atoms with Crippen molar-refractivity contribution in [3.8, 4) is 0 Å². The molecule has 1 aliphatic rings. The highest BCUT2D eigenvalue weighted by Gasteiger charge is 2.31. The lowest BCUT2D eigenvalue weighted by Crippen LogP contribution is -2.36. The molecule has 0 bridgehead atoms. The Hall–Kier alpha value is -0.0400. The molecule has 0 saturated carbocycles. The second-order valence-corrected chi connectivity index (χ2v) is 4.13. The Bertz CT molecular complexity index is 120. The highest BCUT2D eigenvalue weighted by Crippen LogP contribution is 2.28. The van der Waals surface area contributed by atoms with Crippen molar-refractivity contribution in [2.75, 3.05) is 13.1 Å². The summed E-state index contributed by atoms with van der Waals surface area (Å²) in [5, 5.41) is 0. The molecule has 1 fully saturated rings. The van der Waals surface area contributed by atoms with E-state index in [9.17, 15) is 0 Å². The molecule has 0 aromatic carbocycles. The van der Waals surface area contributed by atoms with Crippen LogP contribution in [0.1, 0.15) is 34.1 Å². The number of likely N-dealkylation sites (tertiary alicyclic amines) is 1. The van der Waals surface area contributed by atoms with Crippen LogP contribution < -0.4 is 0 Å². The Morgan fingerprint density at radius 2 is 2.09 bits per heavy atom. The minimum absolute atomic E-state index is 0.826. The second kappa shape index (κ2) is 3.57. The minimum atomic E-state index is 0.826. The Labute approximate surface area is 70.8 Å². The fraction of sp³-hybridized carbons (Fsp3) is 1.00. The van der Waals surface area contributed by atoms with Gasteiger partial charge in [0.15, 0.2) is 0 Å². The lowest BCUT2D eigenvalue weighted by atomic mass is 9.93. The zero-order chi connectivity index (χ0) is 8.43. The lowest BCUT2D eigenvalue weighted by molar-refractivity contribution is 0.190. The van der Waals surface area contributed by atoms with Gasteiger partial charge >= 0.3 is 0 Å². The van der Waals surface area contributed by atoms with Crippen LogP contribution in [0, 0.1) is 11.8 Å². The summed E-state index contributed by atoms with van der Waals surface area (Å²) in [7, 11) is 0. The van der Waals surface area contributed by atoms with Gasteiger partial charge in [-0.1, -0.05) is 27.7 Å². The Balaban J connectivity index is 2.56. The van der Waals surface area contributed by atoms with Crippen molar-refractivity contribution in [3.63, 3.8) is 0 Å². The van der Waals surface area contributed by atoms with Crippen LogP contribution in [0.3, 0.4) is 0 Å². The molecule has 0 amide bonds. The molecule has 0 aliphatic carbocycles. The van der Waals surface area contributed by atoms with Gasteiger partial charge in [0.25, 0.3) is 0 Å². The maximum Gasteiger partial charge on any atom is 0.0144 e. The number of hydrogen-bond donors (Lipinski definition) is 0. The summed E-state index contributed by atoms with van der Waals surface area (Å²) >= 11 is 0. The molecule has 0 radical (unpaired) electrons. The van der Waals surface area contributed by atoms with E-state index in [0.29, 0.717) is 0 Å². The third kappa shape index (κ3) is 1.76. The summed E-state index contributed by atoms with van der Waals surface area (Å²) in [4.78, 5) is 2.62. The highest BCUT2D eigenvalue weighted by molar-refractivity contribution is 4.85. The SMILES string of the molecule is CCN1CCC(C)C1C(C)C. The third-order valence-electron chi connectivity index (χ3n) is 2.97. The van der Waals surface area contributed by atoms with E-state index in [1.165, 1.54) is 19.5 Å². The van der Waals surface area contributed by atoms with Crippen molar-refractivity contribution in [1.29, 1.82) is 0 Å². The molecule has 1 nitrogen and oxygen atoms in total. The molecule has 2 atom stereocenters. The fourth-order valence-corrected chi connectivity index (χ4v) is 2.50. The number of hydrogen-bond acceptors (Lipinski definition) is 1. The van der Waals surface area contributed by atoms with Gasteiger partial charge in [0.2, 0.25) is 0 Å². The van der Waals surface area contributed by atoms with Crippen molar-refractivity contribution in [3.05, 3.63) is 0 Å². The van der Waals surface area contributed by atoms with Crippen molar-refractivity contribution in [2.45, 2.75) is 40.2 Å². The molecule has 1 heterocycles. The molecule has 1 aliphatic heterocycles. The third-order valence-corrected chi connectivity index (χ3v) is 2.97. The van der Waals surface area contributed by atoms with Crippen LogP contribution in [0.4, 0.5) is 0 Å². The van der Waals surface area contributed by atoms with E-state index in [0.717, 1.165) is 17.9 Å². The van der Waals surface area contributed by atoms with Crippen molar-refractivity contribution >= 4 is 0 Å². The molecule has 1 heteroatoms. The summed E-state index contributed by atoms with van der Waals surface area (Å²) in [5.74, 6) is 1.74. The predicted molar refractivity (Wildman–Crippen MR) is 49.7 cm³/mol. The predicted octanol–water partition coefficient (Wildman–Crippen LogP) is 2.37. The van der Waals surface area contributed by atoms with Crippen molar-refractivity contribution in [2.24, 2.45) is 11.8 Å². The molecule has 11 heavy (non-hydrogen) atoms. The van der Waals surface area contributed by atoms with Crippen molar-refractivity contribution in [1.82, 2.24) is 4.90 Å². The van der Waals surface area contributed by atoms with Crippen LogP contribution in [-0.2, 0) is 0 Å². The second-order valence-electron chi connectivity index (χ2n) is 4.13. The Kier molecular flexibility index (Phi) is 2.94. The van der Waals surface area contributed by atoms with Gasteiger partial charge in [0, 0.05) is 6.04 Å². The maximum atomic E-state index is 2.62. The molecule has 0 aromatic heterocycles. The van der Waals surface area contributed by atoms with E-state index < -0.39 is 0 Å². The molecular weight excluding hydrogens is 134 g/mol.